The van der Waals surface area contributed by atoms with Gasteiger partial charge in [-0.1, -0.05) is 0 Å². The molecule has 0 aromatic heterocycles. The van der Waals surface area contributed by atoms with Gasteiger partial charge in [0.25, 0.3) is 0 Å². The second kappa shape index (κ2) is 35.6. The van der Waals surface area contributed by atoms with Crippen molar-refractivity contribution in [1.29, 1.82) is 0 Å². The lowest BCUT2D eigenvalue weighted by Crippen LogP contribution is -2.08. The minimum absolute atomic E-state index is 0.416. The van der Waals surface area contributed by atoms with Gasteiger partial charge in [0.15, 0.2) is 0 Å². The largest absolute Gasteiger partial charge is 0.384 e. The highest BCUT2D eigenvalue weighted by atomic mass is 16.5. The third-order valence-corrected chi connectivity index (χ3v) is 2.38. The van der Waals surface area contributed by atoms with Gasteiger partial charge in [-0.05, 0) is 0 Å². The van der Waals surface area contributed by atoms with Gasteiger partial charge in [-0.3, -0.25) is 0 Å². The van der Waals surface area contributed by atoms with Gasteiger partial charge in [0.1, 0.15) is 25.1 Å². The summed E-state index contributed by atoms with van der Waals surface area (Å²) in [6.07, 6.45) is 5.06. The molecule has 0 unspecified atom stereocenters. The summed E-state index contributed by atoms with van der Waals surface area (Å²) in [5.74, 6) is 0. The number of hydrogen-bond acceptors (Lipinski definition) is 9. The van der Waals surface area contributed by atoms with Crippen molar-refractivity contribution < 1.29 is 42.9 Å². The second-order valence-corrected chi connectivity index (χ2v) is 4.64. The average molecular weight is 394 g/mol. The van der Waals surface area contributed by atoms with Crippen LogP contribution in [0.1, 0.15) is 25.7 Å². The number of methoxy groups -OCH3 is 2. The topological polar surface area (TPSA) is 114 Å². The Balaban J connectivity index is -0.000000340. The first-order valence-corrected chi connectivity index (χ1v) is 8.70. The molecule has 0 fully saturated rings. The standard InChI is InChI=1S/C8H16O4.C6H10O3.C4H8O2/c1-10-5-6-12-8-7-11-4-2-3-9;7-3-1-5-9-6-2-4-8;1-6-4-2-3-5/h3H,2,4-8H2,1H3;3-4H,1-2,5-6H2;3H,2,4H2,1H3. The van der Waals surface area contributed by atoms with E-state index in [-0.39, 0.29) is 0 Å². The van der Waals surface area contributed by atoms with E-state index in [0.29, 0.717) is 78.5 Å². The summed E-state index contributed by atoms with van der Waals surface area (Å²) in [5, 5.41) is 0. The van der Waals surface area contributed by atoms with E-state index in [9.17, 15) is 19.2 Å². The predicted molar refractivity (Wildman–Crippen MR) is 98.9 cm³/mol. The lowest BCUT2D eigenvalue weighted by Gasteiger charge is -2.03. The zero-order valence-corrected chi connectivity index (χ0v) is 16.5. The summed E-state index contributed by atoms with van der Waals surface area (Å²) in [5.41, 5.74) is 0. The zero-order chi connectivity index (χ0) is 20.8. The van der Waals surface area contributed by atoms with Crippen LogP contribution in [0.4, 0.5) is 0 Å². The summed E-state index contributed by atoms with van der Waals surface area (Å²) >= 11 is 0. The zero-order valence-electron chi connectivity index (χ0n) is 16.5. The van der Waals surface area contributed by atoms with Crippen molar-refractivity contribution in [2.45, 2.75) is 25.7 Å². The number of carbonyl (C=O) groups is 4. The molecule has 0 rings (SSSR count). The molecule has 0 heterocycles. The van der Waals surface area contributed by atoms with Crippen LogP contribution in [0, 0.1) is 0 Å². The van der Waals surface area contributed by atoms with Crippen LogP contribution in [-0.2, 0) is 42.9 Å². The second-order valence-electron chi connectivity index (χ2n) is 4.64. The van der Waals surface area contributed by atoms with E-state index in [2.05, 4.69) is 4.74 Å². The molecule has 0 aliphatic rings. The van der Waals surface area contributed by atoms with E-state index in [1.54, 1.807) is 14.2 Å². The number of rotatable bonds is 18. The minimum atomic E-state index is 0.416. The van der Waals surface area contributed by atoms with Crippen LogP contribution in [0.2, 0.25) is 0 Å². The summed E-state index contributed by atoms with van der Waals surface area (Å²) in [7, 11) is 3.20. The number of hydrogen-bond donors (Lipinski definition) is 0. The maximum absolute atomic E-state index is 9.85. The van der Waals surface area contributed by atoms with Gasteiger partial charge >= 0.3 is 0 Å². The van der Waals surface area contributed by atoms with Gasteiger partial charge in [-0.15, -0.1) is 0 Å². The van der Waals surface area contributed by atoms with Crippen LogP contribution in [0.5, 0.6) is 0 Å². The Labute approximate surface area is 161 Å². The van der Waals surface area contributed by atoms with E-state index in [4.69, 9.17) is 18.9 Å². The van der Waals surface area contributed by atoms with Crippen molar-refractivity contribution in [3.63, 3.8) is 0 Å². The Morgan fingerprint density at radius 2 is 0.741 bits per heavy atom. The number of carbonyl (C=O) groups excluding carboxylic acids is 4. The summed E-state index contributed by atoms with van der Waals surface area (Å²) in [6, 6.07) is 0. The fourth-order valence-electron chi connectivity index (χ4n) is 1.13. The van der Waals surface area contributed by atoms with Gasteiger partial charge in [0, 0.05) is 39.9 Å². The van der Waals surface area contributed by atoms with E-state index >= 15 is 0 Å². The van der Waals surface area contributed by atoms with Crippen LogP contribution in [-0.4, -0.2) is 92.2 Å². The Kier molecular flexibility index (Phi) is 39.8. The lowest BCUT2D eigenvalue weighted by atomic mass is 10.5. The predicted octanol–water partition coefficient (Wildman–Crippen LogP) is 0.658. The normalized spacial score (nSPS) is 9.26. The smallest absolute Gasteiger partial charge is 0.122 e. The third-order valence-electron chi connectivity index (χ3n) is 2.38. The van der Waals surface area contributed by atoms with Crippen molar-refractivity contribution in [3.05, 3.63) is 0 Å². The van der Waals surface area contributed by atoms with Crippen LogP contribution in [0.15, 0.2) is 0 Å². The number of aldehydes is 4. The van der Waals surface area contributed by atoms with Gasteiger partial charge in [-0.2, -0.15) is 0 Å². The molecule has 0 aliphatic heterocycles. The molecular formula is C18H34O9. The quantitative estimate of drug-likeness (QED) is 0.244. The van der Waals surface area contributed by atoms with Crippen LogP contribution >= 0.6 is 0 Å². The third kappa shape index (κ3) is 45.6. The molecule has 9 heteroatoms. The van der Waals surface area contributed by atoms with E-state index in [0.717, 1.165) is 25.1 Å². The molecule has 0 N–H and O–H groups in total. The Hall–Kier alpha value is -1.52. The van der Waals surface area contributed by atoms with E-state index in [1.807, 2.05) is 0 Å². The molecule has 160 valence electrons. The summed E-state index contributed by atoms with van der Waals surface area (Å²) in [6.45, 7) is 4.18. The fraction of sp³-hybridized carbons (Fsp3) is 0.778. The van der Waals surface area contributed by atoms with Crippen LogP contribution in [0.25, 0.3) is 0 Å². The van der Waals surface area contributed by atoms with Crippen LogP contribution in [0.3, 0.4) is 0 Å². The first-order valence-electron chi connectivity index (χ1n) is 8.70. The molecule has 9 nitrogen and oxygen atoms in total. The Bertz CT molecular complexity index is 289. The van der Waals surface area contributed by atoms with Gasteiger partial charge in [0.2, 0.25) is 0 Å². The maximum Gasteiger partial charge on any atom is 0.122 e. The maximum atomic E-state index is 9.85. The molecule has 0 saturated heterocycles. The van der Waals surface area contributed by atoms with Gasteiger partial charge in [-0.25, -0.2) is 0 Å². The monoisotopic (exact) mass is 394 g/mol. The molecule has 0 saturated carbocycles. The van der Waals surface area contributed by atoms with E-state index < -0.39 is 0 Å². The lowest BCUT2D eigenvalue weighted by molar-refractivity contribution is -0.110. The molecule has 0 aliphatic carbocycles. The first-order chi connectivity index (χ1) is 13.2. The molecule has 0 radical (unpaired) electrons. The Morgan fingerprint density at radius 1 is 0.444 bits per heavy atom. The highest BCUT2D eigenvalue weighted by Gasteiger charge is 1.89. The number of ether oxygens (including phenoxy) is 5. The molecule has 0 spiro atoms. The van der Waals surface area contributed by atoms with Crippen molar-refractivity contribution in [1.82, 2.24) is 0 Å². The van der Waals surface area contributed by atoms with Gasteiger partial charge in [0.05, 0.1) is 52.9 Å². The van der Waals surface area contributed by atoms with Crippen molar-refractivity contribution >= 4 is 25.1 Å². The van der Waals surface area contributed by atoms with E-state index in [1.165, 1.54) is 0 Å². The highest BCUT2D eigenvalue weighted by Crippen LogP contribution is 1.81. The molecule has 0 aromatic carbocycles. The van der Waals surface area contributed by atoms with Crippen LogP contribution < -0.4 is 0 Å². The first kappa shape index (κ1) is 30.2. The van der Waals surface area contributed by atoms with Crippen molar-refractivity contribution in [3.8, 4) is 0 Å². The Morgan fingerprint density at radius 3 is 1.07 bits per heavy atom. The average Bonchev–Trinajstić information content (AvgIpc) is 2.69. The molecular weight excluding hydrogens is 360 g/mol. The van der Waals surface area contributed by atoms with Crippen molar-refractivity contribution in [2.24, 2.45) is 0 Å². The molecule has 0 amide bonds. The SMILES string of the molecule is COCCC=O.COCCOCCOCCC=O.O=CCCOCCC=O. The summed E-state index contributed by atoms with van der Waals surface area (Å²) < 4.78 is 24.4. The fourth-order valence-corrected chi connectivity index (χ4v) is 1.13. The molecule has 0 aromatic rings. The summed E-state index contributed by atoms with van der Waals surface area (Å²) in [4.78, 5) is 38.7. The minimum Gasteiger partial charge on any atom is -0.384 e. The van der Waals surface area contributed by atoms with Crippen molar-refractivity contribution in [2.75, 3.05) is 67.1 Å². The molecule has 27 heavy (non-hydrogen) atoms. The van der Waals surface area contributed by atoms with Gasteiger partial charge < -0.3 is 42.9 Å². The molecule has 0 bridgehead atoms. The molecule has 0 atom stereocenters. The highest BCUT2D eigenvalue weighted by molar-refractivity contribution is 5.50.